The Hall–Kier alpha value is -1.34. The van der Waals surface area contributed by atoms with E-state index in [0.717, 1.165) is 12.0 Å². The summed E-state index contributed by atoms with van der Waals surface area (Å²) in [5.74, 6) is -3.26. The van der Waals surface area contributed by atoms with E-state index in [1.807, 2.05) is 12.1 Å². The molecular weight excluding hydrogens is 316 g/mol. The van der Waals surface area contributed by atoms with Crippen molar-refractivity contribution in [1.29, 1.82) is 0 Å². The van der Waals surface area contributed by atoms with Crippen LogP contribution in [-0.4, -0.2) is 43.4 Å². The molecule has 1 rings (SSSR count). The molecule has 23 heavy (non-hydrogen) atoms. The van der Waals surface area contributed by atoms with Crippen LogP contribution in [0.4, 0.5) is 17.6 Å². The van der Waals surface area contributed by atoms with Crippen molar-refractivity contribution >= 4 is 0 Å². The second-order valence-electron chi connectivity index (χ2n) is 5.42. The van der Waals surface area contributed by atoms with Crippen molar-refractivity contribution < 1.29 is 32.1 Å². The van der Waals surface area contributed by atoms with Crippen LogP contribution in [-0.2, 0) is 4.74 Å². The van der Waals surface area contributed by atoms with Gasteiger partial charge in [-0.05, 0) is 30.0 Å². The second kappa shape index (κ2) is 9.08. The molecule has 1 aromatic rings. The lowest BCUT2D eigenvalue weighted by Gasteiger charge is -2.17. The van der Waals surface area contributed by atoms with Crippen LogP contribution in [0, 0.1) is 0 Å². The number of hydrogen-bond acceptors (Lipinski definition) is 3. The molecule has 2 unspecified atom stereocenters. The molecule has 0 amide bonds. The third-order valence-corrected chi connectivity index (χ3v) is 3.43. The summed E-state index contributed by atoms with van der Waals surface area (Å²) in [6.45, 7) is 2.07. The maximum absolute atomic E-state index is 12.6. The maximum atomic E-state index is 12.6. The number of ether oxygens (including phenoxy) is 2. The van der Waals surface area contributed by atoms with Crippen LogP contribution in [0.15, 0.2) is 24.3 Å². The zero-order chi connectivity index (χ0) is 17.5. The minimum Gasteiger partial charge on any atom is -0.491 e. The standard InChI is InChI=1S/C16H22F4O3/c1-3-11(2)12-4-6-14(7-5-12)23-9-13(21)8-22-10-16(19,20)15(17)18/h4-7,11,13,15,21H,3,8-10H2,1-2H3. The van der Waals surface area contributed by atoms with Gasteiger partial charge in [0, 0.05) is 0 Å². The van der Waals surface area contributed by atoms with Crippen molar-refractivity contribution in [2.24, 2.45) is 0 Å². The quantitative estimate of drug-likeness (QED) is 0.659. The molecule has 0 aromatic heterocycles. The number of rotatable bonds is 10. The molecule has 1 N–H and O–H groups in total. The molecule has 3 nitrogen and oxygen atoms in total. The molecule has 0 aliphatic heterocycles. The van der Waals surface area contributed by atoms with E-state index in [4.69, 9.17) is 4.74 Å². The second-order valence-corrected chi connectivity index (χ2v) is 5.42. The molecule has 7 heteroatoms. The van der Waals surface area contributed by atoms with Gasteiger partial charge in [-0.25, -0.2) is 8.78 Å². The molecule has 0 aliphatic rings. The lowest BCUT2D eigenvalue weighted by atomic mass is 9.99. The molecule has 0 saturated heterocycles. The predicted octanol–water partition coefficient (Wildman–Crippen LogP) is 3.86. The molecule has 0 heterocycles. The molecule has 0 saturated carbocycles. The number of alkyl halides is 4. The summed E-state index contributed by atoms with van der Waals surface area (Å²) in [7, 11) is 0. The Balaban J connectivity index is 2.32. The molecule has 2 atom stereocenters. The lowest BCUT2D eigenvalue weighted by Crippen LogP contribution is -2.34. The summed E-state index contributed by atoms with van der Waals surface area (Å²) in [6, 6.07) is 7.32. The first-order valence-corrected chi connectivity index (χ1v) is 7.40. The largest absolute Gasteiger partial charge is 0.491 e. The van der Waals surface area contributed by atoms with E-state index in [0.29, 0.717) is 11.7 Å². The lowest BCUT2D eigenvalue weighted by molar-refractivity contribution is -0.171. The van der Waals surface area contributed by atoms with Crippen LogP contribution >= 0.6 is 0 Å². The highest BCUT2D eigenvalue weighted by atomic mass is 19.3. The predicted molar refractivity (Wildman–Crippen MR) is 78.4 cm³/mol. The van der Waals surface area contributed by atoms with Crippen molar-refractivity contribution in [1.82, 2.24) is 0 Å². The van der Waals surface area contributed by atoms with E-state index in [9.17, 15) is 22.7 Å². The molecule has 0 aliphatic carbocycles. The number of aliphatic hydroxyl groups is 1. The fraction of sp³-hybridized carbons (Fsp3) is 0.625. The van der Waals surface area contributed by atoms with Crippen molar-refractivity contribution in [3.63, 3.8) is 0 Å². The Morgan fingerprint density at radius 2 is 1.74 bits per heavy atom. The Morgan fingerprint density at radius 1 is 1.13 bits per heavy atom. The van der Waals surface area contributed by atoms with E-state index in [2.05, 4.69) is 18.6 Å². The van der Waals surface area contributed by atoms with Gasteiger partial charge in [0.2, 0.25) is 0 Å². The van der Waals surface area contributed by atoms with Crippen LogP contribution in [0.5, 0.6) is 5.75 Å². The Morgan fingerprint density at radius 3 is 2.26 bits per heavy atom. The van der Waals surface area contributed by atoms with Gasteiger partial charge in [-0.15, -0.1) is 0 Å². The van der Waals surface area contributed by atoms with Gasteiger partial charge < -0.3 is 14.6 Å². The molecule has 0 bridgehead atoms. The minimum atomic E-state index is -4.22. The number of aliphatic hydroxyl groups excluding tert-OH is 1. The van der Waals surface area contributed by atoms with Gasteiger partial charge in [0.1, 0.15) is 25.1 Å². The van der Waals surface area contributed by atoms with Crippen molar-refractivity contribution in [3.8, 4) is 5.75 Å². The SMILES string of the molecule is CCC(C)c1ccc(OCC(O)COCC(F)(F)C(F)F)cc1. The fourth-order valence-corrected chi connectivity index (χ4v) is 1.76. The van der Waals surface area contributed by atoms with Gasteiger partial charge in [0.05, 0.1) is 6.61 Å². The first kappa shape index (κ1) is 19.7. The van der Waals surface area contributed by atoms with Gasteiger partial charge in [-0.3, -0.25) is 0 Å². The molecule has 0 spiro atoms. The van der Waals surface area contributed by atoms with Gasteiger partial charge in [-0.1, -0.05) is 26.0 Å². The molecule has 0 radical (unpaired) electrons. The van der Waals surface area contributed by atoms with Gasteiger partial charge in [0.15, 0.2) is 0 Å². The Kier molecular flexibility index (Phi) is 7.78. The smallest absolute Gasteiger partial charge is 0.330 e. The van der Waals surface area contributed by atoms with Crippen LogP contribution < -0.4 is 4.74 Å². The number of hydrogen-bond donors (Lipinski definition) is 1. The maximum Gasteiger partial charge on any atom is 0.330 e. The highest BCUT2D eigenvalue weighted by molar-refractivity contribution is 5.29. The topological polar surface area (TPSA) is 38.7 Å². The number of halogens is 4. The van der Waals surface area contributed by atoms with E-state index in [-0.39, 0.29) is 6.61 Å². The van der Waals surface area contributed by atoms with E-state index in [1.165, 1.54) is 0 Å². The fourth-order valence-electron chi connectivity index (χ4n) is 1.76. The molecule has 0 fully saturated rings. The highest BCUT2D eigenvalue weighted by Gasteiger charge is 2.41. The zero-order valence-corrected chi connectivity index (χ0v) is 13.1. The van der Waals surface area contributed by atoms with Crippen LogP contribution in [0.2, 0.25) is 0 Å². The van der Waals surface area contributed by atoms with Crippen LogP contribution in [0.25, 0.3) is 0 Å². The Labute approximate surface area is 133 Å². The normalized spacial score (nSPS) is 14.8. The van der Waals surface area contributed by atoms with Crippen molar-refractivity contribution in [2.75, 3.05) is 19.8 Å². The Bertz CT molecular complexity index is 451. The van der Waals surface area contributed by atoms with Crippen LogP contribution in [0.3, 0.4) is 0 Å². The summed E-state index contributed by atoms with van der Waals surface area (Å²) < 4.78 is 58.7. The minimum absolute atomic E-state index is 0.178. The monoisotopic (exact) mass is 338 g/mol. The van der Waals surface area contributed by atoms with E-state index < -0.39 is 31.7 Å². The van der Waals surface area contributed by atoms with Crippen molar-refractivity contribution in [2.45, 2.75) is 44.6 Å². The summed E-state index contributed by atoms with van der Waals surface area (Å²) >= 11 is 0. The first-order chi connectivity index (χ1) is 10.8. The average molecular weight is 338 g/mol. The third kappa shape index (κ3) is 6.74. The molecule has 132 valence electrons. The van der Waals surface area contributed by atoms with E-state index in [1.54, 1.807) is 12.1 Å². The molecule has 1 aromatic carbocycles. The third-order valence-electron chi connectivity index (χ3n) is 3.43. The summed E-state index contributed by atoms with van der Waals surface area (Å²) in [4.78, 5) is 0. The summed E-state index contributed by atoms with van der Waals surface area (Å²) in [5.41, 5.74) is 1.16. The van der Waals surface area contributed by atoms with Crippen molar-refractivity contribution in [3.05, 3.63) is 29.8 Å². The summed E-state index contributed by atoms with van der Waals surface area (Å²) in [5, 5.41) is 9.54. The summed E-state index contributed by atoms with van der Waals surface area (Å²) in [6.07, 6.45) is -3.96. The first-order valence-electron chi connectivity index (χ1n) is 7.40. The van der Waals surface area contributed by atoms with E-state index >= 15 is 0 Å². The van der Waals surface area contributed by atoms with Gasteiger partial charge in [-0.2, -0.15) is 8.78 Å². The molecular formula is C16H22F4O3. The van der Waals surface area contributed by atoms with Gasteiger partial charge >= 0.3 is 12.3 Å². The zero-order valence-electron chi connectivity index (χ0n) is 13.1. The number of benzene rings is 1. The average Bonchev–Trinajstić information content (AvgIpc) is 2.52. The highest BCUT2D eigenvalue weighted by Crippen LogP contribution is 2.23. The van der Waals surface area contributed by atoms with Gasteiger partial charge in [0.25, 0.3) is 0 Å². The van der Waals surface area contributed by atoms with Crippen LogP contribution in [0.1, 0.15) is 31.7 Å².